The average Bonchev–Trinajstić information content (AvgIpc) is 2.15. The molecule has 0 bridgehead atoms. The maximum atomic E-state index is 10.6. The molecule has 4 heteroatoms. The minimum Gasteiger partial charge on any atom is -0.488 e. The Labute approximate surface area is 88.6 Å². The van der Waals surface area contributed by atoms with E-state index in [1.165, 1.54) is 0 Å². The summed E-state index contributed by atoms with van der Waals surface area (Å²) in [4.78, 5) is 12.6. The number of nitrogens with two attached hydrogens (primary N) is 1. The van der Waals surface area contributed by atoms with Crippen LogP contribution in [0, 0.1) is 0 Å². The largest absolute Gasteiger partial charge is 0.488 e. The lowest BCUT2D eigenvalue weighted by atomic mass is 10.1. The molecule has 0 unspecified atom stereocenters. The number of amides is 1. The molecule has 1 saturated heterocycles. The van der Waals surface area contributed by atoms with Crippen LogP contribution in [0.4, 0.5) is 0 Å². The van der Waals surface area contributed by atoms with E-state index in [-0.39, 0.29) is 12.0 Å². The van der Waals surface area contributed by atoms with Crippen LogP contribution in [0.25, 0.3) is 0 Å². The number of nitrogens with zero attached hydrogens (tertiary/aromatic N) is 1. The molecule has 0 aromatic heterocycles. The Bertz CT molecular complexity index is 334. The van der Waals surface area contributed by atoms with Crippen LogP contribution in [-0.4, -0.2) is 36.5 Å². The summed E-state index contributed by atoms with van der Waals surface area (Å²) < 4.78 is 5.67. The highest BCUT2D eigenvalue weighted by molar-refractivity contribution is 5.76. The molecule has 80 valence electrons. The fraction of sp³-hybridized carbons (Fsp3) is 0.364. The second kappa shape index (κ2) is 4.31. The maximum absolute atomic E-state index is 10.6. The maximum Gasteiger partial charge on any atom is 0.231 e. The van der Waals surface area contributed by atoms with E-state index in [1.54, 1.807) is 0 Å². The molecule has 0 spiro atoms. The van der Waals surface area contributed by atoms with E-state index in [9.17, 15) is 4.79 Å². The normalized spacial score (nSPS) is 17.1. The lowest BCUT2D eigenvalue weighted by Gasteiger charge is -2.38. The molecule has 0 radical (unpaired) electrons. The predicted octanol–water partition coefficient (Wildman–Crippen LogP) is 0.235. The van der Waals surface area contributed by atoms with Crippen LogP contribution in [0.2, 0.25) is 0 Å². The highest BCUT2D eigenvalue weighted by atomic mass is 16.5. The van der Waals surface area contributed by atoms with Crippen LogP contribution in [0.1, 0.15) is 0 Å². The second-order valence-electron chi connectivity index (χ2n) is 3.71. The zero-order chi connectivity index (χ0) is 10.7. The number of para-hydroxylation sites is 1. The van der Waals surface area contributed by atoms with Crippen LogP contribution in [0.5, 0.6) is 5.75 Å². The summed E-state index contributed by atoms with van der Waals surface area (Å²) in [5, 5.41) is 0. The fourth-order valence-electron chi connectivity index (χ4n) is 1.64. The van der Waals surface area contributed by atoms with Gasteiger partial charge in [0.05, 0.1) is 6.54 Å². The number of primary amides is 1. The number of rotatable bonds is 4. The first-order chi connectivity index (χ1) is 7.24. The highest BCUT2D eigenvalue weighted by Gasteiger charge is 2.28. The van der Waals surface area contributed by atoms with Crippen LogP contribution < -0.4 is 10.5 Å². The van der Waals surface area contributed by atoms with Crippen molar-refractivity contribution in [2.45, 2.75) is 6.10 Å². The number of hydrogen-bond acceptors (Lipinski definition) is 3. The molecule has 2 rings (SSSR count). The molecule has 1 aliphatic heterocycles. The zero-order valence-corrected chi connectivity index (χ0v) is 8.43. The minimum absolute atomic E-state index is 0.187. The lowest BCUT2D eigenvalue weighted by Crippen LogP contribution is -2.55. The van der Waals surface area contributed by atoms with Crippen LogP contribution >= 0.6 is 0 Å². The van der Waals surface area contributed by atoms with Gasteiger partial charge in [0.1, 0.15) is 11.9 Å². The smallest absolute Gasteiger partial charge is 0.231 e. The molecule has 0 aliphatic carbocycles. The molecule has 1 fully saturated rings. The van der Waals surface area contributed by atoms with E-state index >= 15 is 0 Å². The van der Waals surface area contributed by atoms with Crippen molar-refractivity contribution in [1.29, 1.82) is 0 Å². The standard InChI is InChI=1S/C11H14N2O2/c12-11(14)8-13-6-10(7-13)15-9-4-2-1-3-5-9/h1-5,10H,6-8H2,(H2,12,14). The van der Waals surface area contributed by atoms with Gasteiger partial charge >= 0.3 is 0 Å². The number of benzene rings is 1. The van der Waals surface area contributed by atoms with Crippen LogP contribution in [0.15, 0.2) is 30.3 Å². The summed E-state index contributed by atoms with van der Waals surface area (Å²) in [5.41, 5.74) is 5.08. The molecule has 4 nitrogen and oxygen atoms in total. The fourth-order valence-corrected chi connectivity index (χ4v) is 1.64. The van der Waals surface area contributed by atoms with Crippen molar-refractivity contribution >= 4 is 5.91 Å². The summed E-state index contributed by atoms with van der Waals surface area (Å²) >= 11 is 0. The topological polar surface area (TPSA) is 55.6 Å². The van der Waals surface area contributed by atoms with Crippen molar-refractivity contribution in [2.24, 2.45) is 5.73 Å². The SMILES string of the molecule is NC(=O)CN1CC(Oc2ccccc2)C1. The van der Waals surface area contributed by atoms with E-state index < -0.39 is 0 Å². The Hall–Kier alpha value is -1.55. The Morgan fingerprint density at radius 3 is 2.67 bits per heavy atom. The average molecular weight is 206 g/mol. The summed E-state index contributed by atoms with van der Waals surface area (Å²) in [7, 11) is 0. The van der Waals surface area contributed by atoms with Gasteiger partial charge in [-0.3, -0.25) is 9.69 Å². The Balaban J connectivity index is 1.74. The molecular weight excluding hydrogens is 192 g/mol. The molecule has 1 heterocycles. The van der Waals surface area contributed by atoms with Gasteiger partial charge in [0.15, 0.2) is 0 Å². The van der Waals surface area contributed by atoms with Gasteiger partial charge in [-0.2, -0.15) is 0 Å². The minimum atomic E-state index is -0.284. The van der Waals surface area contributed by atoms with Crippen molar-refractivity contribution in [3.8, 4) is 5.75 Å². The van der Waals surface area contributed by atoms with Gasteiger partial charge < -0.3 is 10.5 Å². The van der Waals surface area contributed by atoms with Crippen molar-refractivity contribution in [3.63, 3.8) is 0 Å². The number of hydrogen-bond donors (Lipinski definition) is 1. The predicted molar refractivity (Wildman–Crippen MR) is 56.5 cm³/mol. The molecule has 1 aromatic rings. The first kappa shape index (κ1) is 9.98. The van der Waals surface area contributed by atoms with Crippen molar-refractivity contribution in [2.75, 3.05) is 19.6 Å². The van der Waals surface area contributed by atoms with Gasteiger partial charge in [-0.25, -0.2) is 0 Å². The van der Waals surface area contributed by atoms with Crippen molar-refractivity contribution in [1.82, 2.24) is 4.90 Å². The van der Waals surface area contributed by atoms with Gasteiger partial charge in [-0.05, 0) is 12.1 Å². The first-order valence-electron chi connectivity index (χ1n) is 4.96. The van der Waals surface area contributed by atoms with Gasteiger partial charge in [0, 0.05) is 13.1 Å². The Morgan fingerprint density at radius 1 is 1.40 bits per heavy atom. The number of likely N-dealkylation sites (tertiary alicyclic amines) is 1. The molecule has 1 aromatic carbocycles. The number of ether oxygens (including phenoxy) is 1. The Kier molecular flexibility index (Phi) is 2.87. The molecular formula is C11H14N2O2. The summed E-state index contributed by atoms with van der Waals surface area (Å²) in [6.45, 7) is 1.88. The van der Waals surface area contributed by atoms with Gasteiger partial charge in [-0.1, -0.05) is 18.2 Å². The number of carbonyl (C=O) groups is 1. The number of carbonyl (C=O) groups excluding carboxylic acids is 1. The summed E-state index contributed by atoms with van der Waals surface area (Å²) in [5.74, 6) is 0.592. The van der Waals surface area contributed by atoms with Gasteiger partial charge in [-0.15, -0.1) is 0 Å². The molecule has 0 atom stereocenters. The van der Waals surface area contributed by atoms with Gasteiger partial charge in [0.2, 0.25) is 5.91 Å². The van der Waals surface area contributed by atoms with E-state index in [0.717, 1.165) is 18.8 Å². The third kappa shape index (κ3) is 2.70. The van der Waals surface area contributed by atoms with E-state index in [1.807, 2.05) is 35.2 Å². The van der Waals surface area contributed by atoms with E-state index in [0.29, 0.717) is 6.54 Å². The van der Waals surface area contributed by atoms with Crippen molar-refractivity contribution in [3.05, 3.63) is 30.3 Å². The molecule has 2 N–H and O–H groups in total. The van der Waals surface area contributed by atoms with Crippen molar-refractivity contribution < 1.29 is 9.53 Å². The molecule has 1 amide bonds. The Morgan fingerprint density at radius 2 is 2.07 bits per heavy atom. The second-order valence-corrected chi connectivity index (χ2v) is 3.71. The van der Waals surface area contributed by atoms with Crippen LogP contribution in [0.3, 0.4) is 0 Å². The quantitative estimate of drug-likeness (QED) is 0.767. The molecule has 1 aliphatic rings. The zero-order valence-electron chi connectivity index (χ0n) is 8.43. The van der Waals surface area contributed by atoms with E-state index in [4.69, 9.17) is 10.5 Å². The first-order valence-corrected chi connectivity index (χ1v) is 4.96. The lowest BCUT2D eigenvalue weighted by molar-refractivity contribution is -0.121. The third-order valence-corrected chi connectivity index (χ3v) is 2.35. The summed E-state index contributed by atoms with van der Waals surface area (Å²) in [6.07, 6.45) is 0.187. The summed E-state index contributed by atoms with van der Waals surface area (Å²) in [6, 6.07) is 9.69. The molecule has 15 heavy (non-hydrogen) atoms. The highest BCUT2D eigenvalue weighted by Crippen LogP contribution is 2.16. The monoisotopic (exact) mass is 206 g/mol. The van der Waals surface area contributed by atoms with Crippen LogP contribution in [-0.2, 0) is 4.79 Å². The molecule has 0 saturated carbocycles. The van der Waals surface area contributed by atoms with Gasteiger partial charge in [0.25, 0.3) is 0 Å². The third-order valence-electron chi connectivity index (χ3n) is 2.35. The van der Waals surface area contributed by atoms with E-state index in [2.05, 4.69) is 0 Å².